The fourth-order valence-corrected chi connectivity index (χ4v) is 2.86. The highest BCUT2D eigenvalue weighted by Crippen LogP contribution is 2.32. The van der Waals surface area contributed by atoms with Crippen molar-refractivity contribution in [3.8, 4) is 0 Å². The first kappa shape index (κ1) is 14.6. The third kappa shape index (κ3) is 2.56. The SMILES string of the molecule is CCCCN1CC2=C(C1=O)[C@H](c1ccc(F)cc1)NC(=O)N2. The molecular formula is C16H18FN3O2. The van der Waals surface area contributed by atoms with Crippen molar-refractivity contribution in [2.45, 2.75) is 25.8 Å². The van der Waals surface area contributed by atoms with Gasteiger partial charge in [-0.05, 0) is 24.1 Å². The van der Waals surface area contributed by atoms with Crippen LogP contribution in [0, 0.1) is 5.82 Å². The Labute approximate surface area is 128 Å². The number of unbranched alkanes of at least 4 members (excludes halogenated alkanes) is 1. The zero-order valence-corrected chi connectivity index (χ0v) is 12.4. The molecule has 22 heavy (non-hydrogen) atoms. The molecule has 2 aliphatic rings. The average Bonchev–Trinajstić information content (AvgIpc) is 2.81. The molecule has 1 atom stereocenters. The molecule has 0 saturated carbocycles. The average molecular weight is 303 g/mol. The number of amides is 3. The van der Waals surface area contributed by atoms with Gasteiger partial charge in [-0.25, -0.2) is 9.18 Å². The number of halogens is 1. The molecular weight excluding hydrogens is 285 g/mol. The van der Waals surface area contributed by atoms with Gasteiger partial charge in [-0.1, -0.05) is 25.5 Å². The van der Waals surface area contributed by atoms with Gasteiger partial charge in [0.05, 0.1) is 23.9 Å². The second-order valence-electron chi connectivity index (χ2n) is 5.56. The quantitative estimate of drug-likeness (QED) is 0.894. The molecule has 0 fully saturated rings. The maximum atomic E-state index is 13.1. The van der Waals surface area contributed by atoms with Crippen LogP contribution in [-0.4, -0.2) is 29.9 Å². The van der Waals surface area contributed by atoms with Crippen molar-refractivity contribution >= 4 is 11.9 Å². The summed E-state index contributed by atoms with van der Waals surface area (Å²) >= 11 is 0. The molecule has 2 aliphatic heterocycles. The van der Waals surface area contributed by atoms with Gasteiger partial charge in [0.2, 0.25) is 0 Å². The van der Waals surface area contributed by atoms with Crippen molar-refractivity contribution in [2.75, 3.05) is 13.1 Å². The van der Waals surface area contributed by atoms with Crippen molar-refractivity contribution in [1.29, 1.82) is 0 Å². The summed E-state index contributed by atoms with van der Waals surface area (Å²) in [6, 6.07) is 4.99. The van der Waals surface area contributed by atoms with E-state index in [9.17, 15) is 14.0 Å². The molecule has 0 saturated heterocycles. The Morgan fingerprint density at radius 1 is 1.27 bits per heavy atom. The van der Waals surface area contributed by atoms with Crippen LogP contribution >= 0.6 is 0 Å². The van der Waals surface area contributed by atoms with Gasteiger partial charge in [0.1, 0.15) is 5.82 Å². The first-order valence-electron chi connectivity index (χ1n) is 7.45. The van der Waals surface area contributed by atoms with E-state index >= 15 is 0 Å². The highest BCUT2D eigenvalue weighted by molar-refractivity contribution is 6.01. The Kier molecular flexibility index (Phi) is 3.83. The molecule has 2 N–H and O–H groups in total. The van der Waals surface area contributed by atoms with E-state index in [1.54, 1.807) is 17.0 Å². The van der Waals surface area contributed by atoms with Crippen molar-refractivity contribution < 1.29 is 14.0 Å². The fraction of sp³-hybridized carbons (Fsp3) is 0.375. The Morgan fingerprint density at radius 2 is 2.00 bits per heavy atom. The summed E-state index contributed by atoms with van der Waals surface area (Å²) in [5.74, 6) is -0.411. The number of hydrogen-bond acceptors (Lipinski definition) is 2. The lowest BCUT2D eigenvalue weighted by molar-refractivity contribution is -0.125. The molecule has 0 bridgehead atoms. The van der Waals surface area contributed by atoms with Gasteiger partial charge in [-0.15, -0.1) is 0 Å². The van der Waals surface area contributed by atoms with Crippen LogP contribution < -0.4 is 10.6 Å². The van der Waals surface area contributed by atoms with E-state index in [2.05, 4.69) is 17.6 Å². The van der Waals surface area contributed by atoms with Crippen LogP contribution in [0.2, 0.25) is 0 Å². The van der Waals surface area contributed by atoms with Crippen molar-refractivity contribution in [1.82, 2.24) is 15.5 Å². The number of urea groups is 1. The second kappa shape index (κ2) is 5.79. The molecule has 0 aromatic heterocycles. The van der Waals surface area contributed by atoms with Crippen molar-refractivity contribution in [2.24, 2.45) is 0 Å². The molecule has 6 heteroatoms. The monoisotopic (exact) mass is 303 g/mol. The van der Waals surface area contributed by atoms with Crippen molar-refractivity contribution in [3.63, 3.8) is 0 Å². The Balaban J connectivity index is 1.90. The molecule has 5 nitrogen and oxygen atoms in total. The number of carbonyl (C=O) groups excluding carboxylic acids is 2. The van der Waals surface area contributed by atoms with Crippen LogP contribution in [0.3, 0.4) is 0 Å². The zero-order valence-electron chi connectivity index (χ0n) is 12.4. The molecule has 0 aliphatic carbocycles. The largest absolute Gasteiger partial charge is 0.333 e. The van der Waals surface area contributed by atoms with E-state index in [1.807, 2.05) is 0 Å². The molecule has 1 aromatic carbocycles. The maximum absolute atomic E-state index is 13.1. The van der Waals surface area contributed by atoms with Gasteiger partial charge in [0.15, 0.2) is 0 Å². The van der Waals surface area contributed by atoms with Crippen LogP contribution in [0.15, 0.2) is 35.5 Å². The maximum Gasteiger partial charge on any atom is 0.319 e. The van der Waals surface area contributed by atoms with Crippen LogP contribution in [0.4, 0.5) is 9.18 Å². The lowest BCUT2D eigenvalue weighted by Crippen LogP contribution is -2.44. The van der Waals surface area contributed by atoms with Gasteiger partial charge in [-0.2, -0.15) is 0 Å². The number of nitrogens with zero attached hydrogens (tertiary/aromatic N) is 1. The predicted octanol–water partition coefficient (Wildman–Crippen LogP) is 2.08. The molecule has 0 radical (unpaired) electrons. The van der Waals surface area contributed by atoms with E-state index in [1.165, 1.54) is 12.1 Å². The van der Waals surface area contributed by atoms with E-state index in [0.29, 0.717) is 29.9 Å². The number of rotatable bonds is 4. The normalized spacial score (nSPS) is 20.8. The van der Waals surface area contributed by atoms with Crippen LogP contribution in [0.5, 0.6) is 0 Å². The van der Waals surface area contributed by atoms with Gasteiger partial charge >= 0.3 is 6.03 Å². The van der Waals surface area contributed by atoms with E-state index < -0.39 is 6.04 Å². The third-order valence-corrected chi connectivity index (χ3v) is 4.01. The van der Waals surface area contributed by atoms with Crippen molar-refractivity contribution in [3.05, 3.63) is 46.9 Å². The standard InChI is InChI=1S/C16H18FN3O2/c1-2-3-8-20-9-12-13(15(20)21)14(19-16(22)18-12)10-4-6-11(17)7-5-10/h4-7,14H,2-3,8-9H2,1H3,(H2,18,19,22)/t14-/m0/s1. The summed E-state index contributed by atoms with van der Waals surface area (Å²) < 4.78 is 13.1. The summed E-state index contributed by atoms with van der Waals surface area (Å²) in [5, 5.41) is 5.47. The van der Waals surface area contributed by atoms with Gasteiger partial charge < -0.3 is 15.5 Å². The highest BCUT2D eigenvalue weighted by Gasteiger charge is 2.39. The minimum Gasteiger partial charge on any atom is -0.333 e. The summed E-state index contributed by atoms with van der Waals surface area (Å²) in [6.45, 7) is 3.17. The second-order valence-corrected chi connectivity index (χ2v) is 5.56. The molecule has 1 aromatic rings. The lowest BCUT2D eigenvalue weighted by Gasteiger charge is -2.25. The van der Waals surface area contributed by atoms with Gasteiger partial charge in [0, 0.05) is 6.54 Å². The Morgan fingerprint density at radius 3 is 2.68 bits per heavy atom. The minimum atomic E-state index is -0.525. The highest BCUT2D eigenvalue weighted by atomic mass is 19.1. The first-order chi connectivity index (χ1) is 10.6. The molecule has 3 amide bonds. The number of hydrogen-bond donors (Lipinski definition) is 2. The van der Waals surface area contributed by atoms with Gasteiger partial charge in [-0.3, -0.25) is 4.79 Å². The summed E-state index contributed by atoms with van der Waals surface area (Å²) in [7, 11) is 0. The van der Waals surface area contributed by atoms with Crippen LogP contribution in [0.25, 0.3) is 0 Å². The fourth-order valence-electron chi connectivity index (χ4n) is 2.86. The zero-order chi connectivity index (χ0) is 15.7. The number of carbonyl (C=O) groups is 2. The Bertz CT molecular complexity index is 639. The summed E-state index contributed by atoms with van der Waals surface area (Å²) in [4.78, 5) is 26.2. The smallest absolute Gasteiger partial charge is 0.319 e. The molecule has 0 unspecified atom stereocenters. The number of benzene rings is 1. The van der Waals surface area contributed by atoms with Crippen LogP contribution in [0.1, 0.15) is 31.4 Å². The first-order valence-corrected chi connectivity index (χ1v) is 7.45. The third-order valence-electron chi connectivity index (χ3n) is 4.01. The minimum absolute atomic E-state index is 0.0646. The molecule has 2 heterocycles. The van der Waals surface area contributed by atoms with E-state index in [0.717, 1.165) is 12.8 Å². The summed E-state index contributed by atoms with van der Waals surface area (Å²) in [5.41, 5.74) is 1.91. The van der Waals surface area contributed by atoms with Crippen LogP contribution in [-0.2, 0) is 4.79 Å². The Hall–Kier alpha value is -2.37. The molecule has 0 spiro atoms. The summed E-state index contributed by atoms with van der Waals surface area (Å²) in [6.07, 6.45) is 1.93. The topological polar surface area (TPSA) is 61.4 Å². The molecule has 3 rings (SSSR count). The lowest BCUT2D eigenvalue weighted by atomic mass is 9.96. The van der Waals surface area contributed by atoms with E-state index in [-0.39, 0.29) is 17.8 Å². The molecule has 116 valence electrons. The van der Waals surface area contributed by atoms with Gasteiger partial charge in [0.25, 0.3) is 5.91 Å². The number of nitrogens with one attached hydrogen (secondary N) is 2. The van der Waals surface area contributed by atoms with E-state index in [4.69, 9.17) is 0 Å². The predicted molar refractivity (Wildman–Crippen MR) is 79.3 cm³/mol.